The molecule has 30 heavy (non-hydrogen) atoms. The SMILES string of the molecule is Cc1sc2cc(O/C(=C/C=N)c3[nH]cc(C(=O)N4CCCC4)c3C)ccc2c1C=O. The molecule has 0 spiro atoms. The zero-order valence-corrected chi connectivity index (χ0v) is 17.8. The van der Waals surface area contributed by atoms with Gasteiger partial charge in [0.25, 0.3) is 5.91 Å². The second kappa shape index (κ2) is 8.28. The Labute approximate surface area is 178 Å². The van der Waals surface area contributed by atoms with Gasteiger partial charge in [-0.1, -0.05) is 0 Å². The maximum absolute atomic E-state index is 12.8. The van der Waals surface area contributed by atoms with Crippen LogP contribution in [0.15, 0.2) is 30.5 Å². The van der Waals surface area contributed by atoms with Crippen molar-refractivity contribution in [3.63, 3.8) is 0 Å². The summed E-state index contributed by atoms with van der Waals surface area (Å²) in [6.07, 6.45) is 7.41. The van der Waals surface area contributed by atoms with Crippen molar-refractivity contribution in [2.75, 3.05) is 13.1 Å². The zero-order valence-electron chi connectivity index (χ0n) is 17.0. The number of aromatic nitrogens is 1. The number of hydrogen-bond donors (Lipinski definition) is 2. The number of ether oxygens (including phenoxy) is 1. The molecule has 3 aromatic rings. The highest BCUT2D eigenvalue weighted by molar-refractivity contribution is 7.19. The Bertz CT molecular complexity index is 1170. The molecule has 1 amide bonds. The molecule has 0 saturated carbocycles. The highest BCUT2D eigenvalue weighted by Gasteiger charge is 2.24. The summed E-state index contributed by atoms with van der Waals surface area (Å²) in [7, 11) is 0. The largest absolute Gasteiger partial charge is 0.455 e. The van der Waals surface area contributed by atoms with Crippen LogP contribution in [0.1, 0.15) is 49.7 Å². The van der Waals surface area contributed by atoms with E-state index in [1.54, 1.807) is 23.6 Å². The second-order valence-electron chi connectivity index (χ2n) is 7.35. The van der Waals surface area contributed by atoms with Gasteiger partial charge >= 0.3 is 0 Å². The number of benzene rings is 1. The smallest absolute Gasteiger partial charge is 0.255 e. The molecule has 0 radical (unpaired) electrons. The summed E-state index contributed by atoms with van der Waals surface area (Å²) in [4.78, 5) is 30.1. The maximum atomic E-state index is 12.8. The van der Waals surface area contributed by atoms with Crippen molar-refractivity contribution in [1.29, 1.82) is 5.41 Å². The lowest BCUT2D eigenvalue weighted by atomic mass is 10.1. The number of H-pyrrole nitrogens is 1. The number of thiophene rings is 1. The van der Waals surface area contributed by atoms with E-state index >= 15 is 0 Å². The van der Waals surface area contributed by atoms with E-state index in [0.29, 0.717) is 28.3 Å². The molecule has 2 aromatic heterocycles. The molecule has 1 aromatic carbocycles. The normalized spacial score (nSPS) is 14.3. The average molecular weight is 422 g/mol. The highest BCUT2D eigenvalue weighted by atomic mass is 32.1. The van der Waals surface area contributed by atoms with Crippen LogP contribution >= 0.6 is 11.3 Å². The molecule has 0 atom stereocenters. The number of rotatable bonds is 6. The molecule has 1 aliphatic rings. The standard InChI is InChI=1S/C23H23N3O3S/c1-14-18(23(28)26-9-3-4-10-26)12-25-22(14)20(7-8-24)29-16-5-6-17-19(13-27)15(2)30-21(17)11-16/h5-8,11-13,24-25H,3-4,9-10H2,1-2H3/b20-7+,24-8?. The third-order valence-corrected chi connectivity index (χ3v) is 6.56. The number of hydrogen-bond acceptors (Lipinski definition) is 5. The molecule has 3 heterocycles. The number of fused-ring (bicyclic) bond motifs is 1. The van der Waals surface area contributed by atoms with Gasteiger partial charge in [0.15, 0.2) is 12.0 Å². The first-order valence-electron chi connectivity index (χ1n) is 9.88. The van der Waals surface area contributed by atoms with Gasteiger partial charge in [-0.3, -0.25) is 9.59 Å². The number of likely N-dealkylation sites (tertiary alicyclic amines) is 1. The molecule has 154 valence electrons. The third kappa shape index (κ3) is 3.57. The van der Waals surface area contributed by atoms with Crippen molar-refractivity contribution < 1.29 is 14.3 Å². The lowest BCUT2D eigenvalue weighted by molar-refractivity contribution is 0.0792. The monoisotopic (exact) mass is 421 g/mol. The van der Waals surface area contributed by atoms with E-state index < -0.39 is 0 Å². The van der Waals surface area contributed by atoms with Crippen LogP contribution in [0.5, 0.6) is 5.75 Å². The van der Waals surface area contributed by atoms with Crippen LogP contribution in [-0.2, 0) is 0 Å². The quantitative estimate of drug-likeness (QED) is 0.335. The number of carbonyl (C=O) groups excluding carboxylic acids is 2. The summed E-state index contributed by atoms with van der Waals surface area (Å²) >= 11 is 1.55. The number of allylic oxidation sites excluding steroid dienone is 1. The Morgan fingerprint density at radius 3 is 2.73 bits per heavy atom. The summed E-state index contributed by atoms with van der Waals surface area (Å²) in [5.74, 6) is 1.10. The van der Waals surface area contributed by atoms with Crippen molar-refractivity contribution in [2.24, 2.45) is 0 Å². The Morgan fingerprint density at radius 2 is 2.03 bits per heavy atom. The zero-order chi connectivity index (χ0) is 21.3. The van der Waals surface area contributed by atoms with E-state index in [-0.39, 0.29) is 5.91 Å². The molecule has 1 aliphatic heterocycles. The summed E-state index contributed by atoms with van der Waals surface area (Å²) < 4.78 is 7.07. The summed E-state index contributed by atoms with van der Waals surface area (Å²) in [5, 5.41) is 8.44. The van der Waals surface area contributed by atoms with Crippen molar-refractivity contribution in [2.45, 2.75) is 26.7 Å². The van der Waals surface area contributed by atoms with Crippen LogP contribution < -0.4 is 4.74 Å². The van der Waals surface area contributed by atoms with E-state index in [4.69, 9.17) is 10.1 Å². The Morgan fingerprint density at radius 1 is 1.27 bits per heavy atom. The minimum atomic E-state index is 0.0265. The van der Waals surface area contributed by atoms with Gasteiger partial charge in [0, 0.05) is 52.1 Å². The molecule has 0 unspecified atom stereocenters. The van der Waals surface area contributed by atoms with Crippen LogP contribution in [0.3, 0.4) is 0 Å². The van der Waals surface area contributed by atoms with Crippen LogP contribution in [0.2, 0.25) is 0 Å². The maximum Gasteiger partial charge on any atom is 0.255 e. The number of aldehydes is 1. The Balaban J connectivity index is 1.64. The second-order valence-corrected chi connectivity index (χ2v) is 8.61. The third-order valence-electron chi connectivity index (χ3n) is 5.48. The van der Waals surface area contributed by atoms with Gasteiger partial charge in [-0.15, -0.1) is 11.3 Å². The van der Waals surface area contributed by atoms with Gasteiger partial charge in [-0.2, -0.15) is 0 Å². The molecule has 0 aliphatic carbocycles. The van der Waals surface area contributed by atoms with Gasteiger partial charge in [0.2, 0.25) is 0 Å². The first-order valence-corrected chi connectivity index (χ1v) is 10.7. The van der Waals surface area contributed by atoms with E-state index in [0.717, 1.165) is 59.0 Å². The first kappa shape index (κ1) is 20.1. The van der Waals surface area contributed by atoms with E-state index in [1.807, 2.05) is 36.9 Å². The van der Waals surface area contributed by atoms with Crippen LogP contribution in [0.4, 0.5) is 0 Å². The van der Waals surface area contributed by atoms with Gasteiger partial charge < -0.3 is 20.0 Å². The van der Waals surface area contributed by atoms with Crippen molar-refractivity contribution >= 4 is 45.6 Å². The Kier molecular flexibility index (Phi) is 5.55. The first-order chi connectivity index (χ1) is 14.5. The van der Waals surface area contributed by atoms with Crippen molar-refractivity contribution in [3.05, 3.63) is 57.7 Å². The lowest BCUT2D eigenvalue weighted by Crippen LogP contribution is -2.27. The number of nitrogens with zero attached hydrogens (tertiary/aromatic N) is 1. The van der Waals surface area contributed by atoms with Gasteiger partial charge in [0.05, 0.1) is 11.3 Å². The van der Waals surface area contributed by atoms with Gasteiger partial charge in [0.1, 0.15) is 5.75 Å². The molecule has 6 nitrogen and oxygen atoms in total. The van der Waals surface area contributed by atoms with E-state index in [9.17, 15) is 9.59 Å². The van der Waals surface area contributed by atoms with E-state index in [1.165, 1.54) is 0 Å². The molecule has 0 bridgehead atoms. The number of carbonyl (C=O) groups is 2. The minimum Gasteiger partial charge on any atom is -0.455 e. The fourth-order valence-electron chi connectivity index (χ4n) is 3.86. The fraction of sp³-hybridized carbons (Fsp3) is 0.261. The molecule has 7 heteroatoms. The molecular weight excluding hydrogens is 398 g/mol. The van der Waals surface area contributed by atoms with Crippen LogP contribution in [0, 0.1) is 19.3 Å². The lowest BCUT2D eigenvalue weighted by Gasteiger charge is -2.15. The topological polar surface area (TPSA) is 86.2 Å². The van der Waals surface area contributed by atoms with E-state index in [2.05, 4.69) is 4.98 Å². The minimum absolute atomic E-state index is 0.0265. The molecule has 1 saturated heterocycles. The number of amides is 1. The summed E-state index contributed by atoms with van der Waals surface area (Å²) in [6, 6.07) is 5.59. The predicted molar refractivity (Wildman–Crippen MR) is 120 cm³/mol. The fourth-order valence-corrected chi connectivity index (χ4v) is 4.93. The van der Waals surface area contributed by atoms with Gasteiger partial charge in [-0.05, 0) is 50.5 Å². The highest BCUT2D eigenvalue weighted by Crippen LogP contribution is 2.34. The van der Waals surface area contributed by atoms with Gasteiger partial charge in [-0.25, -0.2) is 0 Å². The molecule has 4 rings (SSSR count). The molecular formula is C23H23N3O3S. The number of nitrogens with one attached hydrogen (secondary N) is 2. The van der Waals surface area contributed by atoms with Crippen molar-refractivity contribution in [3.8, 4) is 5.75 Å². The predicted octanol–water partition coefficient (Wildman–Crippen LogP) is 4.96. The average Bonchev–Trinajstić information content (AvgIpc) is 3.45. The van der Waals surface area contributed by atoms with Crippen LogP contribution in [-0.4, -0.2) is 41.4 Å². The van der Waals surface area contributed by atoms with Crippen LogP contribution in [0.25, 0.3) is 15.8 Å². The summed E-state index contributed by atoms with van der Waals surface area (Å²) in [6.45, 7) is 5.40. The molecule has 1 fully saturated rings. The van der Waals surface area contributed by atoms with Crippen molar-refractivity contribution in [1.82, 2.24) is 9.88 Å². The molecule has 2 N–H and O–H groups in total. The Hall–Kier alpha value is -3.19. The number of aryl methyl sites for hydroxylation is 1. The summed E-state index contributed by atoms with van der Waals surface area (Å²) in [5.41, 5.74) is 2.82. The number of aromatic amines is 1.